The summed E-state index contributed by atoms with van der Waals surface area (Å²) in [5.74, 6) is 0.816. The molecule has 1 unspecified atom stereocenters. The normalized spacial score (nSPS) is 24.8. The molecule has 6 heteroatoms. The van der Waals surface area contributed by atoms with E-state index in [1.165, 1.54) is 32.7 Å². The van der Waals surface area contributed by atoms with Crippen LogP contribution in [0, 0.1) is 0 Å². The number of nitrogens with zero attached hydrogens (tertiary/aromatic N) is 1. The molecule has 0 radical (unpaired) electrons. The molecule has 19 heavy (non-hydrogen) atoms. The zero-order valence-electron chi connectivity index (χ0n) is 11.2. The van der Waals surface area contributed by atoms with Gasteiger partial charge in [-0.1, -0.05) is 0 Å². The van der Waals surface area contributed by atoms with E-state index in [-0.39, 0.29) is 11.3 Å². The molecule has 1 aliphatic heterocycles. The van der Waals surface area contributed by atoms with Crippen LogP contribution in [-0.4, -0.2) is 35.2 Å². The molecule has 2 heterocycles. The van der Waals surface area contributed by atoms with Crippen LogP contribution < -0.4 is 20.9 Å². The van der Waals surface area contributed by atoms with Gasteiger partial charge in [-0.05, 0) is 38.6 Å². The van der Waals surface area contributed by atoms with E-state index in [0.29, 0.717) is 17.4 Å². The minimum atomic E-state index is -0.243. The number of anilines is 1. The Kier molecular flexibility index (Phi) is 3.18. The standard InChI is InChI=1S/C13H20N4O2/c1-19-10-11(14-8-15-12(10)18)17-9-3-6-16-13(7-9)4-2-5-13/h8-9,16H,2-7H2,1H3,(H2,14,15,17,18). The number of ether oxygens (including phenoxy) is 1. The summed E-state index contributed by atoms with van der Waals surface area (Å²) in [5.41, 5.74) is 0.0805. The fourth-order valence-electron chi connectivity index (χ4n) is 3.14. The summed E-state index contributed by atoms with van der Waals surface area (Å²) in [4.78, 5) is 18.3. The minimum Gasteiger partial charge on any atom is -0.489 e. The minimum absolute atomic E-state index is 0.243. The fourth-order valence-corrected chi connectivity index (χ4v) is 3.14. The van der Waals surface area contributed by atoms with Crippen LogP contribution in [-0.2, 0) is 0 Å². The SMILES string of the molecule is COc1c(NC2CCNC3(CCC3)C2)nc[nH]c1=O. The van der Waals surface area contributed by atoms with Gasteiger partial charge in [0, 0.05) is 11.6 Å². The highest BCUT2D eigenvalue weighted by Gasteiger charge is 2.41. The Morgan fingerprint density at radius 3 is 3.05 bits per heavy atom. The van der Waals surface area contributed by atoms with Gasteiger partial charge in [0.1, 0.15) is 0 Å². The largest absolute Gasteiger partial charge is 0.489 e. The first-order chi connectivity index (χ1) is 9.22. The number of aromatic amines is 1. The molecule has 104 valence electrons. The molecule has 2 fully saturated rings. The maximum absolute atomic E-state index is 11.6. The molecule has 1 atom stereocenters. The number of hydrogen-bond acceptors (Lipinski definition) is 5. The first-order valence-electron chi connectivity index (χ1n) is 6.86. The molecule has 1 saturated heterocycles. The Hall–Kier alpha value is -1.56. The van der Waals surface area contributed by atoms with Crippen molar-refractivity contribution in [1.82, 2.24) is 15.3 Å². The quantitative estimate of drug-likeness (QED) is 0.755. The average Bonchev–Trinajstić information content (AvgIpc) is 2.38. The molecule has 1 aliphatic carbocycles. The van der Waals surface area contributed by atoms with Gasteiger partial charge in [0.25, 0.3) is 5.56 Å². The summed E-state index contributed by atoms with van der Waals surface area (Å²) in [6.07, 6.45) is 7.36. The van der Waals surface area contributed by atoms with Crippen LogP contribution in [0.25, 0.3) is 0 Å². The molecule has 0 bridgehead atoms. The molecule has 1 aromatic heterocycles. The van der Waals surface area contributed by atoms with Crippen molar-refractivity contribution in [3.63, 3.8) is 0 Å². The Bertz CT molecular complexity index is 510. The first kappa shape index (κ1) is 12.5. The van der Waals surface area contributed by atoms with Gasteiger partial charge in [-0.25, -0.2) is 4.98 Å². The zero-order chi connectivity index (χ0) is 13.3. The van der Waals surface area contributed by atoms with Gasteiger partial charge >= 0.3 is 0 Å². The summed E-state index contributed by atoms with van der Waals surface area (Å²) >= 11 is 0. The van der Waals surface area contributed by atoms with Crippen LogP contribution in [0.15, 0.2) is 11.1 Å². The van der Waals surface area contributed by atoms with Gasteiger partial charge in [0.2, 0.25) is 5.75 Å². The van der Waals surface area contributed by atoms with Gasteiger partial charge in [0.15, 0.2) is 5.82 Å². The highest BCUT2D eigenvalue weighted by atomic mass is 16.5. The maximum atomic E-state index is 11.6. The van der Waals surface area contributed by atoms with Crippen molar-refractivity contribution in [1.29, 1.82) is 0 Å². The predicted molar refractivity (Wildman–Crippen MR) is 72.6 cm³/mol. The Morgan fingerprint density at radius 2 is 2.37 bits per heavy atom. The highest BCUT2D eigenvalue weighted by Crippen LogP contribution is 2.39. The molecule has 3 N–H and O–H groups in total. The first-order valence-corrected chi connectivity index (χ1v) is 6.86. The molecular formula is C13H20N4O2. The Labute approximate surface area is 112 Å². The molecule has 0 aromatic carbocycles. The average molecular weight is 264 g/mol. The van der Waals surface area contributed by atoms with E-state index in [1.807, 2.05) is 0 Å². The fraction of sp³-hybridized carbons (Fsp3) is 0.692. The third-order valence-electron chi connectivity index (χ3n) is 4.30. The third-order valence-corrected chi connectivity index (χ3v) is 4.30. The predicted octanol–water partition coefficient (Wildman–Crippen LogP) is 0.865. The van der Waals surface area contributed by atoms with Crippen LogP contribution in [0.1, 0.15) is 32.1 Å². The second-order valence-electron chi connectivity index (χ2n) is 5.51. The van der Waals surface area contributed by atoms with Crippen molar-refractivity contribution in [3.05, 3.63) is 16.7 Å². The van der Waals surface area contributed by atoms with E-state index in [0.717, 1.165) is 19.4 Å². The second kappa shape index (κ2) is 4.85. The molecule has 1 spiro atoms. The number of hydrogen-bond donors (Lipinski definition) is 3. The monoisotopic (exact) mass is 264 g/mol. The summed E-state index contributed by atoms with van der Waals surface area (Å²) in [6.45, 7) is 1.02. The van der Waals surface area contributed by atoms with Crippen LogP contribution in [0.5, 0.6) is 5.75 Å². The van der Waals surface area contributed by atoms with Crippen molar-refractivity contribution >= 4 is 5.82 Å². The van der Waals surface area contributed by atoms with E-state index in [1.54, 1.807) is 0 Å². The van der Waals surface area contributed by atoms with E-state index in [2.05, 4.69) is 20.6 Å². The second-order valence-corrected chi connectivity index (χ2v) is 5.51. The maximum Gasteiger partial charge on any atom is 0.295 e. The summed E-state index contributed by atoms with van der Waals surface area (Å²) in [7, 11) is 1.49. The van der Waals surface area contributed by atoms with Crippen LogP contribution in [0.2, 0.25) is 0 Å². The third kappa shape index (κ3) is 2.32. The van der Waals surface area contributed by atoms with Gasteiger partial charge in [-0.15, -0.1) is 0 Å². The van der Waals surface area contributed by atoms with Crippen LogP contribution >= 0.6 is 0 Å². The molecule has 2 aliphatic rings. The highest BCUT2D eigenvalue weighted by molar-refractivity contribution is 5.48. The smallest absolute Gasteiger partial charge is 0.295 e. The number of nitrogens with one attached hydrogen (secondary N) is 3. The van der Waals surface area contributed by atoms with E-state index >= 15 is 0 Å². The number of methoxy groups -OCH3 is 1. The van der Waals surface area contributed by atoms with Crippen molar-refractivity contribution in [3.8, 4) is 5.75 Å². The summed E-state index contributed by atoms with van der Waals surface area (Å²) in [5, 5.41) is 7.00. The van der Waals surface area contributed by atoms with E-state index in [4.69, 9.17) is 4.74 Å². The molecule has 6 nitrogen and oxygen atoms in total. The molecule has 1 aromatic rings. The lowest BCUT2D eigenvalue weighted by molar-refractivity contribution is 0.135. The van der Waals surface area contributed by atoms with Crippen molar-refractivity contribution < 1.29 is 4.74 Å². The number of piperidine rings is 1. The molecule has 0 amide bonds. The van der Waals surface area contributed by atoms with E-state index < -0.39 is 0 Å². The number of H-pyrrole nitrogens is 1. The molecular weight excluding hydrogens is 244 g/mol. The van der Waals surface area contributed by atoms with Gasteiger partial charge in [-0.3, -0.25) is 4.79 Å². The van der Waals surface area contributed by atoms with Gasteiger partial charge < -0.3 is 20.4 Å². The summed E-state index contributed by atoms with van der Waals surface area (Å²) < 4.78 is 5.13. The van der Waals surface area contributed by atoms with E-state index in [9.17, 15) is 4.79 Å². The topological polar surface area (TPSA) is 79.0 Å². The van der Waals surface area contributed by atoms with Gasteiger partial charge in [0.05, 0.1) is 13.4 Å². The lowest BCUT2D eigenvalue weighted by Gasteiger charge is -2.48. The van der Waals surface area contributed by atoms with Gasteiger partial charge in [-0.2, -0.15) is 0 Å². The number of rotatable bonds is 3. The molecule has 1 saturated carbocycles. The lowest BCUT2D eigenvalue weighted by Crippen LogP contribution is -2.58. The number of aromatic nitrogens is 2. The van der Waals surface area contributed by atoms with Crippen molar-refractivity contribution in [2.75, 3.05) is 19.0 Å². The van der Waals surface area contributed by atoms with Crippen LogP contribution in [0.4, 0.5) is 5.82 Å². The Morgan fingerprint density at radius 1 is 1.53 bits per heavy atom. The lowest BCUT2D eigenvalue weighted by atomic mass is 9.70. The zero-order valence-corrected chi connectivity index (χ0v) is 11.2. The van der Waals surface area contributed by atoms with Crippen LogP contribution in [0.3, 0.4) is 0 Å². The van der Waals surface area contributed by atoms with Crippen molar-refractivity contribution in [2.45, 2.75) is 43.7 Å². The Balaban J connectivity index is 1.74. The summed E-state index contributed by atoms with van der Waals surface area (Å²) in [6, 6.07) is 0.352. The van der Waals surface area contributed by atoms with Crippen molar-refractivity contribution in [2.24, 2.45) is 0 Å². The molecule has 3 rings (SSSR count).